The Kier molecular flexibility index (Phi) is 36.7. The number of hydrogen-bond acceptors (Lipinski definition) is 7. The van der Waals surface area contributed by atoms with E-state index in [1.54, 1.807) is 0 Å². The number of ether oxygens (including phenoxy) is 2. The number of allylic oxidation sites excluding steroid dienone is 6. The largest absolute Gasteiger partial charge is 0.756 e. The summed E-state index contributed by atoms with van der Waals surface area (Å²) in [6, 6.07) is 0. The Morgan fingerprint density at radius 1 is 0.585 bits per heavy atom. The molecule has 0 amide bonds. The fraction of sp³-hybridized carbons (Fsp3) is 0.841. The normalized spacial score (nSPS) is 14.2. The molecule has 0 radical (unpaired) electrons. The summed E-state index contributed by atoms with van der Waals surface area (Å²) in [5, 5.41) is 0. The fourth-order valence-corrected chi connectivity index (χ4v) is 6.52. The molecule has 0 saturated heterocycles. The van der Waals surface area contributed by atoms with E-state index in [0.717, 1.165) is 57.8 Å². The third-order valence-electron chi connectivity index (χ3n) is 9.19. The molecule has 0 heterocycles. The predicted molar refractivity (Wildman–Crippen MR) is 222 cm³/mol. The number of esters is 1. The van der Waals surface area contributed by atoms with Crippen LogP contribution in [0.3, 0.4) is 0 Å². The molecule has 0 spiro atoms. The van der Waals surface area contributed by atoms with E-state index < -0.39 is 13.9 Å². The molecule has 0 aliphatic rings. The Morgan fingerprint density at radius 2 is 1.04 bits per heavy atom. The average Bonchev–Trinajstić information content (AvgIpc) is 3.11. The topological polar surface area (TPSA) is 94.1 Å². The first-order chi connectivity index (χ1) is 25.6. The number of rotatable bonds is 40. The second-order valence-corrected chi connectivity index (χ2v) is 17.1. The number of phosphoric ester groups is 1. The highest BCUT2D eigenvalue weighted by Crippen LogP contribution is 2.38. The molecule has 2 atom stereocenters. The van der Waals surface area contributed by atoms with Gasteiger partial charge in [-0.05, 0) is 51.4 Å². The van der Waals surface area contributed by atoms with Gasteiger partial charge in [-0.2, -0.15) is 0 Å². The lowest BCUT2D eigenvalue weighted by atomic mass is 10.1. The predicted octanol–water partition coefficient (Wildman–Crippen LogP) is 12.0. The molecule has 0 aromatic rings. The molecule has 0 aromatic carbocycles. The lowest BCUT2D eigenvalue weighted by molar-refractivity contribution is -0.870. The molecule has 0 bridgehead atoms. The van der Waals surface area contributed by atoms with Gasteiger partial charge in [-0.25, -0.2) is 0 Å². The molecule has 312 valence electrons. The van der Waals surface area contributed by atoms with Crippen molar-refractivity contribution < 1.29 is 37.3 Å². The van der Waals surface area contributed by atoms with Gasteiger partial charge in [0.2, 0.25) is 0 Å². The van der Waals surface area contributed by atoms with Crippen molar-refractivity contribution in [1.29, 1.82) is 0 Å². The van der Waals surface area contributed by atoms with Crippen LogP contribution in [0.5, 0.6) is 0 Å². The third kappa shape index (κ3) is 41.7. The first-order valence-electron chi connectivity index (χ1n) is 21.7. The van der Waals surface area contributed by atoms with Crippen LogP contribution in [-0.4, -0.2) is 70.7 Å². The number of nitrogens with zero attached hydrogens (tertiary/aromatic N) is 1. The van der Waals surface area contributed by atoms with Crippen molar-refractivity contribution in [3.63, 3.8) is 0 Å². The Morgan fingerprint density at radius 3 is 1.55 bits per heavy atom. The molecular formula is C44H84NO7P. The smallest absolute Gasteiger partial charge is 0.306 e. The summed E-state index contributed by atoms with van der Waals surface area (Å²) in [7, 11) is 1.35. The Bertz CT molecular complexity index is 947. The lowest BCUT2D eigenvalue weighted by Gasteiger charge is -2.28. The summed E-state index contributed by atoms with van der Waals surface area (Å²) < 4.78 is 34.5. The van der Waals surface area contributed by atoms with Gasteiger partial charge in [-0.1, -0.05) is 159 Å². The van der Waals surface area contributed by atoms with Crippen molar-refractivity contribution in [2.45, 2.75) is 187 Å². The fourth-order valence-electron chi connectivity index (χ4n) is 5.79. The quantitative estimate of drug-likeness (QED) is 0.0201. The molecule has 0 aromatic heterocycles. The number of carbonyl (C=O) groups excluding carboxylic acids is 1. The van der Waals surface area contributed by atoms with Crippen LogP contribution in [-0.2, 0) is 27.9 Å². The first-order valence-corrected chi connectivity index (χ1v) is 23.2. The van der Waals surface area contributed by atoms with E-state index in [4.69, 9.17) is 18.5 Å². The van der Waals surface area contributed by atoms with Crippen molar-refractivity contribution >= 4 is 13.8 Å². The van der Waals surface area contributed by atoms with Crippen LogP contribution < -0.4 is 4.89 Å². The molecule has 8 nitrogen and oxygen atoms in total. The maximum Gasteiger partial charge on any atom is 0.306 e. The second-order valence-electron chi connectivity index (χ2n) is 15.7. The van der Waals surface area contributed by atoms with Gasteiger partial charge in [-0.3, -0.25) is 9.36 Å². The summed E-state index contributed by atoms with van der Waals surface area (Å²) >= 11 is 0. The van der Waals surface area contributed by atoms with Crippen LogP contribution in [0, 0.1) is 0 Å². The van der Waals surface area contributed by atoms with Gasteiger partial charge in [0.15, 0.2) is 0 Å². The highest BCUT2D eigenvalue weighted by Gasteiger charge is 2.20. The van der Waals surface area contributed by atoms with Crippen LogP contribution >= 0.6 is 7.82 Å². The van der Waals surface area contributed by atoms with Gasteiger partial charge in [0.25, 0.3) is 7.82 Å². The molecule has 0 aliphatic heterocycles. The van der Waals surface area contributed by atoms with Gasteiger partial charge in [0, 0.05) is 13.0 Å². The number of likely N-dealkylation sites (N-methyl/N-ethyl adjacent to an activating group) is 1. The molecule has 0 fully saturated rings. The van der Waals surface area contributed by atoms with Gasteiger partial charge >= 0.3 is 5.97 Å². The average molecular weight is 770 g/mol. The van der Waals surface area contributed by atoms with E-state index in [1.807, 2.05) is 21.1 Å². The van der Waals surface area contributed by atoms with Crippen molar-refractivity contribution in [2.24, 2.45) is 0 Å². The van der Waals surface area contributed by atoms with E-state index >= 15 is 0 Å². The van der Waals surface area contributed by atoms with Crippen molar-refractivity contribution in [3.8, 4) is 0 Å². The van der Waals surface area contributed by atoms with Crippen molar-refractivity contribution in [2.75, 3.05) is 54.1 Å². The van der Waals surface area contributed by atoms with Gasteiger partial charge in [-0.15, -0.1) is 0 Å². The van der Waals surface area contributed by atoms with Gasteiger partial charge < -0.3 is 27.9 Å². The number of unbranched alkanes of at least 4 members (excludes halogenated alkanes) is 20. The van der Waals surface area contributed by atoms with Crippen LogP contribution in [0.2, 0.25) is 0 Å². The molecule has 9 heteroatoms. The third-order valence-corrected chi connectivity index (χ3v) is 10.2. The lowest BCUT2D eigenvalue weighted by Crippen LogP contribution is -2.37. The van der Waals surface area contributed by atoms with Gasteiger partial charge in [0.1, 0.15) is 19.3 Å². The van der Waals surface area contributed by atoms with E-state index in [2.05, 4.69) is 50.3 Å². The minimum atomic E-state index is -4.52. The monoisotopic (exact) mass is 770 g/mol. The minimum absolute atomic E-state index is 0.0237. The number of hydrogen-bond donors (Lipinski definition) is 0. The summed E-state index contributed by atoms with van der Waals surface area (Å²) in [6.45, 7) is 5.38. The molecule has 0 aliphatic carbocycles. The van der Waals surface area contributed by atoms with Crippen molar-refractivity contribution in [1.82, 2.24) is 0 Å². The Labute approximate surface area is 327 Å². The molecule has 0 N–H and O–H groups in total. The molecule has 0 saturated carbocycles. The van der Waals surface area contributed by atoms with E-state index in [1.165, 1.54) is 103 Å². The summed E-state index contributed by atoms with van der Waals surface area (Å²) in [5.41, 5.74) is 0. The first kappa shape index (κ1) is 51.7. The zero-order valence-electron chi connectivity index (χ0n) is 35.2. The standard InChI is InChI=1S/C44H84NO7P/c1-6-8-10-12-14-16-18-19-20-21-22-23-24-25-26-27-28-29-31-33-35-37-44(46)52-43(42-51-53(47,48)50-40-38-45(3,4)5)41-49-39-36-34-32-30-17-15-13-11-9-7-2/h18-19,21-22,24-25,43H,6-17,20,23,26-42H2,1-5H3/b19-18-,22-21-,25-24-. The Balaban J connectivity index is 4.21. The number of quaternary nitrogens is 1. The highest BCUT2D eigenvalue weighted by molar-refractivity contribution is 7.45. The number of phosphoric acid groups is 1. The van der Waals surface area contributed by atoms with Crippen molar-refractivity contribution in [3.05, 3.63) is 36.5 Å². The van der Waals surface area contributed by atoms with E-state index in [-0.39, 0.29) is 25.8 Å². The molecule has 0 rings (SSSR count). The maximum absolute atomic E-state index is 12.7. The zero-order chi connectivity index (χ0) is 39.1. The van der Waals surface area contributed by atoms with Crippen LogP contribution in [0.25, 0.3) is 0 Å². The highest BCUT2D eigenvalue weighted by atomic mass is 31.2. The van der Waals surface area contributed by atoms with E-state index in [0.29, 0.717) is 24.1 Å². The van der Waals surface area contributed by atoms with Gasteiger partial charge in [0.05, 0.1) is 34.4 Å². The molecule has 2 unspecified atom stereocenters. The molecule has 53 heavy (non-hydrogen) atoms. The maximum atomic E-state index is 12.7. The second kappa shape index (κ2) is 37.6. The minimum Gasteiger partial charge on any atom is -0.756 e. The Hall–Kier alpha value is -1.28. The molecular weight excluding hydrogens is 685 g/mol. The SMILES string of the molecule is CCCCCCC/C=C\C/C=C\C/C=C\CCCCCCCCC(=O)OC(COCCCCCCCCCCCC)COP(=O)([O-])OCC[N+](C)(C)C. The summed E-state index contributed by atoms with van der Waals surface area (Å²) in [5.74, 6) is -0.346. The summed E-state index contributed by atoms with van der Waals surface area (Å²) in [4.78, 5) is 25.0. The van der Waals surface area contributed by atoms with E-state index in [9.17, 15) is 14.3 Å². The van der Waals surface area contributed by atoms with Crippen LogP contribution in [0.4, 0.5) is 0 Å². The zero-order valence-corrected chi connectivity index (χ0v) is 36.1. The van der Waals surface area contributed by atoms with Crippen LogP contribution in [0.1, 0.15) is 181 Å². The van der Waals surface area contributed by atoms with Crippen LogP contribution in [0.15, 0.2) is 36.5 Å². The summed E-state index contributed by atoms with van der Waals surface area (Å²) in [6.07, 6.45) is 42.9. The number of carbonyl (C=O) groups is 1.